The summed E-state index contributed by atoms with van der Waals surface area (Å²) in [6.45, 7) is 9.81. The minimum atomic E-state index is -0.481. The van der Waals surface area contributed by atoms with Crippen LogP contribution in [0.15, 0.2) is 18.2 Å². The fourth-order valence-electron chi connectivity index (χ4n) is 2.68. The number of aryl methyl sites for hydroxylation is 2. The minimum absolute atomic E-state index is 0.215. The summed E-state index contributed by atoms with van der Waals surface area (Å²) in [4.78, 5) is 4.50. The average molecular weight is 308 g/mol. The molecule has 0 aromatic heterocycles. The Kier molecular flexibility index (Phi) is 6.64. The lowest BCUT2D eigenvalue weighted by atomic mass is 10.1. The Morgan fingerprint density at radius 3 is 2.41 bits per heavy atom. The van der Waals surface area contributed by atoms with Crippen LogP contribution in [-0.4, -0.2) is 78.6 Å². The molecule has 0 spiro atoms. The highest BCUT2D eigenvalue weighted by Crippen LogP contribution is 2.16. The fourth-order valence-corrected chi connectivity index (χ4v) is 2.68. The van der Waals surface area contributed by atoms with Crippen molar-refractivity contribution in [3.05, 3.63) is 29.3 Å². The summed E-state index contributed by atoms with van der Waals surface area (Å²) in [6.07, 6.45) is -0.481. The van der Waals surface area contributed by atoms with Gasteiger partial charge in [-0.2, -0.15) is 0 Å². The van der Waals surface area contributed by atoms with Crippen molar-refractivity contribution < 1.29 is 14.9 Å². The van der Waals surface area contributed by atoms with Gasteiger partial charge in [-0.1, -0.05) is 6.07 Å². The standard InChI is InChI=1S/C17H28N2O3/c1-14-3-4-17(11-15(14)2)22-13-16(21)12-19-7-5-18(6-8-19)9-10-20/h3-4,11,16,20-21H,5-10,12-13H2,1-2H3. The molecule has 0 aliphatic carbocycles. The molecule has 0 amide bonds. The number of nitrogens with zero attached hydrogens (tertiary/aromatic N) is 2. The molecule has 5 heteroatoms. The van der Waals surface area contributed by atoms with E-state index in [9.17, 15) is 5.11 Å². The third-order valence-corrected chi connectivity index (χ3v) is 4.27. The van der Waals surface area contributed by atoms with E-state index in [1.807, 2.05) is 18.2 Å². The zero-order valence-electron chi connectivity index (χ0n) is 13.7. The van der Waals surface area contributed by atoms with Gasteiger partial charge in [0.15, 0.2) is 0 Å². The van der Waals surface area contributed by atoms with E-state index in [2.05, 4.69) is 23.6 Å². The molecule has 1 aliphatic heterocycles. The first-order valence-electron chi connectivity index (χ1n) is 8.02. The first-order valence-corrected chi connectivity index (χ1v) is 8.02. The van der Waals surface area contributed by atoms with Gasteiger partial charge in [0.1, 0.15) is 18.5 Å². The molecule has 0 radical (unpaired) electrons. The lowest BCUT2D eigenvalue weighted by Crippen LogP contribution is -2.49. The number of aliphatic hydroxyl groups is 2. The maximum absolute atomic E-state index is 10.1. The molecular weight excluding hydrogens is 280 g/mol. The lowest BCUT2D eigenvalue weighted by Gasteiger charge is -2.35. The summed E-state index contributed by atoms with van der Waals surface area (Å²) in [5.74, 6) is 0.815. The lowest BCUT2D eigenvalue weighted by molar-refractivity contribution is 0.0428. The van der Waals surface area contributed by atoms with Crippen LogP contribution in [0.2, 0.25) is 0 Å². The summed E-state index contributed by atoms with van der Waals surface area (Å²) in [5.41, 5.74) is 2.45. The third kappa shape index (κ3) is 5.25. The van der Waals surface area contributed by atoms with E-state index < -0.39 is 6.10 Å². The zero-order valence-corrected chi connectivity index (χ0v) is 13.7. The highest BCUT2D eigenvalue weighted by atomic mass is 16.5. The number of hydrogen-bond acceptors (Lipinski definition) is 5. The van der Waals surface area contributed by atoms with Crippen LogP contribution in [0.3, 0.4) is 0 Å². The minimum Gasteiger partial charge on any atom is -0.491 e. The highest BCUT2D eigenvalue weighted by Gasteiger charge is 2.19. The van der Waals surface area contributed by atoms with Crippen molar-refractivity contribution in [2.75, 3.05) is 52.5 Å². The zero-order chi connectivity index (χ0) is 15.9. The van der Waals surface area contributed by atoms with Crippen LogP contribution in [0.1, 0.15) is 11.1 Å². The third-order valence-electron chi connectivity index (χ3n) is 4.27. The molecule has 1 atom stereocenters. The molecule has 2 N–H and O–H groups in total. The summed E-state index contributed by atoms with van der Waals surface area (Å²) in [7, 11) is 0. The molecule has 22 heavy (non-hydrogen) atoms. The largest absolute Gasteiger partial charge is 0.491 e. The number of β-amino-alcohol motifs (C(OH)–C–C–N with tert-alkyl or cyclic N) is 2. The van der Waals surface area contributed by atoms with Gasteiger partial charge in [0.25, 0.3) is 0 Å². The molecule has 1 aliphatic rings. The Labute approximate surface area is 133 Å². The van der Waals surface area contributed by atoms with Gasteiger partial charge in [-0.15, -0.1) is 0 Å². The van der Waals surface area contributed by atoms with Crippen LogP contribution in [0, 0.1) is 13.8 Å². The summed E-state index contributed by atoms with van der Waals surface area (Å²) in [6, 6.07) is 6.00. The van der Waals surface area contributed by atoms with Crippen LogP contribution in [0.4, 0.5) is 0 Å². The Hall–Kier alpha value is -1.14. The van der Waals surface area contributed by atoms with E-state index >= 15 is 0 Å². The van der Waals surface area contributed by atoms with Gasteiger partial charge in [0.2, 0.25) is 0 Å². The molecule has 0 bridgehead atoms. The maximum atomic E-state index is 10.1. The van der Waals surface area contributed by atoms with E-state index in [4.69, 9.17) is 9.84 Å². The topological polar surface area (TPSA) is 56.2 Å². The van der Waals surface area contributed by atoms with Gasteiger partial charge in [0, 0.05) is 39.3 Å². The Balaban J connectivity index is 1.69. The van der Waals surface area contributed by atoms with Gasteiger partial charge in [0.05, 0.1) is 6.61 Å². The fraction of sp³-hybridized carbons (Fsp3) is 0.647. The predicted octanol–water partition coefficient (Wildman–Crippen LogP) is 0.653. The number of benzene rings is 1. The van der Waals surface area contributed by atoms with E-state index in [0.717, 1.165) is 38.5 Å². The molecule has 1 saturated heterocycles. The molecule has 1 aromatic rings. The highest BCUT2D eigenvalue weighted by molar-refractivity contribution is 5.33. The quantitative estimate of drug-likeness (QED) is 0.775. The second kappa shape index (κ2) is 8.48. The van der Waals surface area contributed by atoms with Gasteiger partial charge in [-0.25, -0.2) is 0 Å². The summed E-state index contributed by atoms with van der Waals surface area (Å²) >= 11 is 0. The van der Waals surface area contributed by atoms with Crippen molar-refractivity contribution in [2.24, 2.45) is 0 Å². The van der Waals surface area contributed by atoms with Crippen LogP contribution in [0.25, 0.3) is 0 Å². The molecule has 1 aromatic carbocycles. The molecule has 1 unspecified atom stereocenters. The van der Waals surface area contributed by atoms with Gasteiger partial charge < -0.3 is 14.9 Å². The monoisotopic (exact) mass is 308 g/mol. The van der Waals surface area contributed by atoms with E-state index in [1.165, 1.54) is 11.1 Å². The van der Waals surface area contributed by atoms with Gasteiger partial charge >= 0.3 is 0 Å². The van der Waals surface area contributed by atoms with Crippen LogP contribution >= 0.6 is 0 Å². The normalized spacial score (nSPS) is 18.4. The molecule has 1 fully saturated rings. The average Bonchev–Trinajstić information content (AvgIpc) is 2.51. The van der Waals surface area contributed by atoms with E-state index in [0.29, 0.717) is 13.2 Å². The van der Waals surface area contributed by atoms with E-state index in [-0.39, 0.29) is 6.61 Å². The Bertz CT molecular complexity index is 459. The van der Waals surface area contributed by atoms with Crippen molar-refractivity contribution >= 4 is 0 Å². The molecule has 2 rings (SSSR count). The number of aliphatic hydroxyl groups excluding tert-OH is 2. The molecule has 0 saturated carbocycles. The predicted molar refractivity (Wildman–Crippen MR) is 87.4 cm³/mol. The second-order valence-electron chi connectivity index (χ2n) is 6.08. The van der Waals surface area contributed by atoms with Crippen molar-refractivity contribution in [1.29, 1.82) is 0 Å². The smallest absolute Gasteiger partial charge is 0.119 e. The number of piperazine rings is 1. The van der Waals surface area contributed by atoms with Crippen LogP contribution in [0.5, 0.6) is 5.75 Å². The van der Waals surface area contributed by atoms with Crippen molar-refractivity contribution in [2.45, 2.75) is 20.0 Å². The number of hydrogen-bond donors (Lipinski definition) is 2. The first kappa shape index (κ1) is 17.2. The molecule has 5 nitrogen and oxygen atoms in total. The first-order chi connectivity index (χ1) is 10.6. The summed E-state index contributed by atoms with van der Waals surface area (Å²) < 4.78 is 5.68. The SMILES string of the molecule is Cc1ccc(OCC(O)CN2CCN(CCO)CC2)cc1C. The summed E-state index contributed by atoms with van der Waals surface area (Å²) in [5, 5.41) is 19.1. The Morgan fingerprint density at radius 1 is 1.09 bits per heavy atom. The van der Waals surface area contributed by atoms with Gasteiger partial charge in [-0.05, 0) is 37.1 Å². The van der Waals surface area contributed by atoms with E-state index in [1.54, 1.807) is 0 Å². The van der Waals surface area contributed by atoms with Crippen molar-refractivity contribution in [3.8, 4) is 5.75 Å². The maximum Gasteiger partial charge on any atom is 0.119 e. The number of ether oxygens (including phenoxy) is 1. The van der Waals surface area contributed by atoms with Crippen molar-refractivity contribution in [3.63, 3.8) is 0 Å². The van der Waals surface area contributed by atoms with Crippen LogP contribution < -0.4 is 4.74 Å². The Morgan fingerprint density at radius 2 is 1.77 bits per heavy atom. The molecular formula is C17H28N2O3. The van der Waals surface area contributed by atoms with Crippen LogP contribution in [-0.2, 0) is 0 Å². The van der Waals surface area contributed by atoms with Gasteiger partial charge in [-0.3, -0.25) is 9.80 Å². The second-order valence-corrected chi connectivity index (χ2v) is 6.08. The molecule has 1 heterocycles. The number of rotatable bonds is 7. The molecule has 124 valence electrons. The van der Waals surface area contributed by atoms with Crippen molar-refractivity contribution in [1.82, 2.24) is 9.80 Å².